The van der Waals surface area contributed by atoms with Crippen molar-refractivity contribution in [1.82, 2.24) is 0 Å². The molecule has 0 aromatic heterocycles. The molecule has 0 radical (unpaired) electrons. The SMILES string of the molecule is CCc1cccc(Cl)c1NC(C)C(=O)OCCS(C)(=O)=O. The largest absolute Gasteiger partial charge is 0.463 e. The molecule has 1 rings (SSSR count). The van der Waals surface area contributed by atoms with Gasteiger partial charge in [-0.3, -0.25) is 0 Å². The minimum atomic E-state index is -3.14. The van der Waals surface area contributed by atoms with Gasteiger partial charge in [0.05, 0.1) is 16.5 Å². The second-order valence-corrected chi connectivity index (χ2v) is 7.46. The van der Waals surface area contributed by atoms with Crippen molar-refractivity contribution in [3.05, 3.63) is 28.8 Å². The summed E-state index contributed by atoms with van der Waals surface area (Å²) in [5, 5.41) is 3.55. The van der Waals surface area contributed by atoms with Crippen LogP contribution >= 0.6 is 11.6 Å². The molecule has 0 saturated carbocycles. The molecular formula is C14H20ClNO4S. The van der Waals surface area contributed by atoms with E-state index in [0.29, 0.717) is 10.7 Å². The number of hydrogen-bond donors (Lipinski definition) is 1. The Balaban J connectivity index is 2.64. The molecule has 1 unspecified atom stereocenters. The maximum atomic E-state index is 11.8. The van der Waals surface area contributed by atoms with Gasteiger partial charge in [-0.25, -0.2) is 13.2 Å². The molecular weight excluding hydrogens is 314 g/mol. The summed E-state index contributed by atoms with van der Waals surface area (Å²) in [5.74, 6) is -0.696. The summed E-state index contributed by atoms with van der Waals surface area (Å²) in [6.45, 7) is 3.49. The zero-order valence-electron chi connectivity index (χ0n) is 12.3. The topological polar surface area (TPSA) is 72.5 Å². The van der Waals surface area contributed by atoms with E-state index in [2.05, 4.69) is 5.32 Å². The van der Waals surface area contributed by atoms with Crippen molar-refractivity contribution in [3.8, 4) is 0 Å². The number of para-hydroxylation sites is 1. The van der Waals surface area contributed by atoms with Crippen LogP contribution in [0.4, 0.5) is 5.69 Å². The van der Waals surface area contributed by atoms with Crippen molar-refractivity contribution in [2.75, 3.05) is 23.9 Å². The van der Waals surface area contributed by atoms with Crippen LogP contribution in [0, 0.1) is 0 Å². The first-order valence-electron chi connectivity index (χ1n) is 6.63. The molecule has 1 N–H and O–H groups in total. The third kappa shape index (κ3) is 5.93. The number of sulfone groups is 1. The van der Waals surface area contributed by atoms with Crippen molar-refractivity contribution >= 4 is 33.1 Å². The van der Waals surface area contributed by atoms with Gasteiger partial charge in [0.1, 0.15) is 12.6 Å². The summed E-state index contributed by atoms with van der Waals surface area (Å²) in [7, 11) is -3.14. The normalized spacial score (nSPS) is 12.8. The number of esters is 1. The van der Waals surface area contributed by atoms with E-state index in [9.17, 15) is 13.2 Å². The van der Waals surface area contributed by atoms with Crippen LogP contribution in [-0.4, -0.2) is 39.0 Å². The summed E-state index contributed by atoms with van der Waals surface area (Å²) < 4.78 is 26.9. The average Bonchev–Trinajstić information content (AvgIpc) is 2.39. The Morgan fingerprint density at radius 3 is 2.67 bits per heavy atom. The van der Waals surface area contributed by atoms with Gasteiger partial charge in [0, 0.05) is 6.26 Å². The summed E-state index contributed by atoms with van der Waals surface area (Å²) >= 11 is 6.13. The molecule has 0 aliphatic carbocycles. The standard InChI is InChI=1S/C14H20ClNO4S/c1-4-11-6-5-7-12(15)13(11)16-10(2)14(17)20-8-9-21(3,18)19/h5-7,10,16H,4,8-9H2,1-3H3. The first kappa shape index (κ1) is 17.8. The second kappa shape index (κ2) is 7.66. The molecule has 21 heavy (non-hydrogen) atoms. The second-order valence-electron chi connectivity index (χ2n) is 4.79. The highest BCUT2D eigenvalue weighted by Crippen LogP contribution is 2.27. The maximum Gasteiger partial charge on any atom is 0.328 e. The summed E-state index contributed by atoms with van der Waals surface area (Å²) in [4.78, 5) is 11.8. The number of ether oxygens (including phenoxy) is 1. The molecule has 7 heteroatoms. The molecule has 0 saturated heterocycles. The first-order valence-corrected chi connectivity index (χ1v) is 9.06. The minimum absolute atomic E-state index is 0.146. The number of carbonyl (C=O) groups excluding carboxylic acids is 1. The van der Waals surface area contributed by atoms with Gasteiger partial charge in [-0.2, -0.15) is 0 Å². The lowest BCUT2D eigenvalue weighted by Gasteiger charge is -2.18. The van der Waals surface area contributed by atoms with Gasteiger partial charge in [-0.1, -0.05) is 30.7 Å². The third-order valence-electron chi connectivity index (χ3n) is 2.89. The Labute approximate surface area is 130 Å². The van der Waals surface area contributed by atoms with E-state index in [4.69, 9.17) is 16.3 Å². The van der Waals surface area contributed by atoms with E-state index in [1.807, 2.05) is 19.1 Å². The summed E-state index contributed by atoms with van der Waals surface area (Å²) in [6.07, 6.45) is 1.87. The average molecular weight is 334 g/mol. The van der Waals surface area contributed by atoms with E-state index < -0.39 is 21.8 Å². The summed E-state index contributed by atoms with van der Waals surface area (Å²) in [5.41, 5.74) is 1.70. The van der Waals surface area contributed by atoms with Gasteiger partial charge in [0.25, 0.3) is 0 Å². The Morgan fingerprint density at radius 1 is 1.43 bits per heavy atom. The Kier molecular flexibility index (Phi) is 6.48. The Morgan fingerprint density at radius 2 is 2.10 bits per heavy atom. The monoisotopic (exact) mass is 333 g/mol. The number of nitrogens with one attached hydrogen (secondary N) is 1. The zero-order chi connectivity index (χ0) is 16.0. The lowest BCUT2D eigenvalue weighted by Crippen LogP contribution is -2.30. The van der Waals surface area contributed by atoms with Crippen molar-refractivity contribution in [2.45, 2.75) is 26.3 Å². The molecule has 0 heterocycles. The van der Waals surface area contributed by atoms with Gasteiger partial charge < -0.3 is 10.1 Å². The van der Waals surface area contributed by atoms with Gasteiger partial charge in [-0.15, -0.1) is 0 Å². The Bertz CT molecular complexity index is 601. The molecule has 0 aliphatic heterocycles. The smallest absolute Gasteiger partial charge is 0.328 e. The van der Waals surface area contributed by atoms with Crippen LogP contribution in [0.15, 0.2) is 18.2 Å². The van der Waals surface area contributed by atoms with Crippen LogP contribution in [0.3, 0.4) is 0 Å². The zero-order valence-corrected chi connectivity index (χ0v) is 13.9. The molecule has 0 spiro atoms. The predicted molar refractivity (Wildman–Crippen MR) is 84.6 cm³/mol. The first-order chi connectivity index (χ1) is 9.74. The quantitative estimate of drug-likeness (QED) is 0.775. The van der Waals surface area contributed by atoms with E-state index in [0.717, 1.165) is 18.2 Å². The highest BCUT2D eigenvalue weighted by Gasteiger charge is 2.17. The molecule has 1 aromatic carbocycles. The van der Waals surface area contributed by atoms with Gasteiger partial charge in [-0.05, 0) is 25.0 Å². The highest BCUT2D eigenvalue weighted by atomic mass is 35.5. The lowest BCUT2D eigenvalue weighted by molar-refractivity contribution is -0.143. The van der Waals surface area contributed by atoms with Crippen LogP contribution in [0.1, 0.15) is 19.4 Å². The van der Waals surface area contributed by atoms with E-state index in [-0.39, 0.29) is 12.4 Å². The minimum Gasteiger partial charge on any atom is -0.463 e. The number of anilines is 1. The van der Waals surface area contributed by atoms with E-state index in [1.54, 1.807) is 13.0 Å². The number of aryl methyl sites for hydroxylation is 1. The van der Waals surface area contributed by atoms with Gasteiger partial charge in [0.2, 0.25) is 0 Å². The van der Waals surface area contributed by atoms with Crippen LogP contribution in [-0.2, 0) is 25.8 Å². The number of benzene rings is 1. The molecule has 118 valence electrons. The van der Waals surface area contributed by atoms with Crippen LogP contribution in [0.25, 0.3) is 0 Å². The lowest BCUT2D eigenvalue weighted by atomic mass is 10.1. The maximum absolute atomic E-state index is 11.8. The molecule has 5 nitrogen and oxygen atoms in total. The fourth-order valence-corrected chi connectivity index (χ4v) is 2.35. The molecule has 0 aliphatic rings. The predicted octanol–water partition coefficient (Wildman–Crippen LogP) is 2.29. The van der Waals surface area contributed by atoms with Crippen molar-refractivity contribution in [1.29, 1.82) is 0 Å². The van der Waals surface area contributed by atoms with Crippen LogP contribution in [0.5, 0.6) is 0 Å². The molecule has 0 bridgehead atoms. The fraction of sp³-hybridized carbons (Fsp3) is 0.500. The number of rotatable bonds is 7. The fourth-order valence-electron chi connectivity index (χ4n) is 1.72. The van der Waals surface area contributed by atoms with Gasteiger partial charge >= 0.3 is 5.97 Å². The van der Waals surface area contributed by atoms with E-state index in [1.165, 1.54) is 0 Å². The van der Waals surface area contributed by atoms with Crippen molar-refractivity contribution < 1.29 is 17.9 Å². The van der Waals surface area contributed by atoms with Crippen molar-refractivity contribution in [3.63, 3.8) is 0 Å². The van der Waals surface area contributed by atoms with Gasteiger partial charge in [0.15, 0.2) is 9.84 Å². The third-order valence-corrected chi connectivity index (χ3v) is 4.12. The Hall–Kier alpha value is -1.27. The van der Waals surface area contributed by atoms with E-state index >= 15 is 0 Å². The molecule has 0 fully saturated rings. The summed E-state index contributed by atoms with van der Waals surface area (Å²) in [6, 6.07) is 4.90. The number of carbonyl (C=O) groups is 1. The number of halogens is 1. The molecule has 1 aromatic rings. The molecule has 0 amide bonds. The highest BCUT2D eigenvalue weighted by molar-refractivity contribution is 7.90. The van der Waals surface area contributed by atoms with Crippen LogP contribution in [0.2, 0.25) is 5.02 Å². The van der Waals surface area contributed by atoms with Crippen molar-refractivity contribution in [2.24, 2.45) is 0 Å². The number of hydrogen-bond acceptors (Lipinski definition) is 5. The van der Waals surface area contributed by atoms with Crippen LogP contribution < -0.4 is 5.32 Å². The molecule has 1 atom stereocenters.